The summed E-state index contributed by atoms with van der Waals surface area (Å²) in [7, 11) is 0. The third-order valence-corrected chi connectivity index (χ3v) is 3.63. The molecule has 1 atom stereocenters. The van der Waals surface area contributed by atoms with Gasteiger partial charge in [0.05, 0.1) is 0 Å². The van der Waals surface area contributed by atoms with E-state index in [4.69, 9.17) is 5.84 Å². The molecule has 0 saturated heterocycles. The van der Waals surface area contributed by atoms with E-state index in [9.17, 15) is 4.39 Å². The first-order chi connectivity index (χ1) is 9.60. The summed E-state index contributed by atoms with van der Waals surface area (Å²) >= 11 is 0. The van der Waals surface area contributed by atoms with Gasteiger partial charge in [-0.25, -0.2) is 4.39 Å². The summed E-state index contributed by atoms with van der Waals surface area (Å²) in [6.07, 6.45) is 1.82. The predicted molar refractivity (Wildman–Crippen MR) is 80.7 cm³/mol. The first-order valence-electron chi connectivity index (χ1n) is 6.88. The zero-order valence-electron chi connectivity index (χ0n) is 12.0. The Kier molecular flexibility index (Phi) is 4.88. The monoisotopic (exact) mass is 272 g/mol. The molecule has 0 amide bonds. The molecule has 0 aliphatic carbocycles. The summed E-state index contributed by atoms with van der Waals surface area (Å²) in [5.74, 6) is 5.46. The average Bonchev–Trinajstić information content (AvgIpc) is 2.45. The van der Waals surface area contributed by atoms with E-state index in [1.165, 1.54) is 17.2 Å². The number of halogens is 1. The fourth-order valence-electron chi connectivity index (χ4n) is 2.30. The smallest absolute Gasteiger partial charge is 0.126 e. The zero-order valence-corrected chi connectivity index (χ0v) is 12.0. The molecule has 2 aromatic rings. The van der Waals surface area contributed by atoms with Crippen molar-refractivity contribution in [1.82, 2.24) is 5.43 Å². The van der Waals surface area contributed by atoms with Gasteiger partial charge in [-0.1, -0.05) is 42.0 Å². The third-order valence-electron chi connectivity index (χ3n) is 3.63. The van der Waals surface area contributed by atoms with Gasteiger partial charge >= 0.3 is 0 Å². The maximum Gasteiger partial charge on any atom is 0.126 e. The van der Waals surface area contributed by atoms with Crippen LogP contribution < -0.4 is 11.3 Å². The summed E-state index contributed by atoms with van der Waals surface area (Å²) < 4.78 is 13.3. The minimum Gasteiger partial charge on any atom is -0.271 e. The van der Waals surface area contributed by atoms with E-state index in [1.807, 2.05) is 6.07 Å². The minimum absolute atomic E-state index is 0.0376. The van der Waals surface area contributed by atoms with Crippen LogP contribution in [0.3, 0.4) is 0 Å². The van der Waals surface area contributed by atoms with E-state index >= 15 is 0 Å². The van der Waals surface area contributed by atoms with Crippen LogP contribution in [0, 0.1) is 19.7 Å². The van der Waals surface area contributed by atoms with Crippen molar-refractivity contribution in [2.45, 2.75) is 32.7 Å². The number of nitrogens with one attached hydrogen (secondary N) is 1. The van der Waals surface area contributed by atoms with E-state index in [0.717, 1.165) is 18.4 Å². The molecule has 20 heavy (non-hydrogen) atoms. The second-order valence-electron chi connectivity index (χ2n) is 5.25. The summed E-state index contributed by atoms with van der Waals surface area (Å²) in [6.45, 7) is 3.85. The van der Waals surface area contributed by atoms with Gasteiger partial charge in [-0.2, -0.15) is 0 Å². The summed E-state index contributed by atoms with van der Waals surface area (Å²) in [5, 5.41) is 0. The van der Waals surface area contributed by atoms with Gasteiger partial charge < -0.3 is 0 Å². The van der Waals surface area contributed by atoms with Gasteiger partial charge in [0.15, 0.2) is 0 Å². The molecule has 106 valence electrons. The summed E-state index contributed by atoms with van der Waals surface area (Å²) in [6, 6.07) is 13.7. The molecule has 3 N–H and O–H groups in total. The SMILES string of the molecule is Cc1ccc(CCC(NN)c2ccc(F)c(C)c2)cc1. The second-order valence-corrected chi connectivity index (χ2v) is 5.25. The van der Waals surface area contributed by atoms with Gasteiger partial charge in [-0.15, -0.1) is 0 Å². The first kappa shape index (κ1) is 14.7. The van der Waals surface area contributed by atoms with Crippen LogP contribution in [0.15, 0.2) is 42.5 Å². The molecule has 0 radical (unpaired) electrons. The van der Waals surface area contributed by atoms with Crippen LogP contribution >= 0.6 is 0 Å². The molecule has 1 unspecified atom stereocenters. The molecule has 0 fully saturated rings. The fraction of sp³-hybridized carbons (Fsp3) is 0.294. The van der Waals surface area contributed by atoms with Gasteiger partial charge in [0.1, 0.15) is 5.82 Å². The molecular formula is C17H21FN2. The molecule has 0 bridgehead atoms. The minimum atomic E-state index is -0.178. The number of rotatable bonds is 5. The summed E-state index contributed by atoms with van der Waals surface area (Å²) in [5.41, 5.74) is 7.05. The van der Waals surface area contributed by atoms with Gasteiger partial charge in [0.25, 0.3) is 0 Å². The van der Waals surface area contributed by atoms with Gasteiger partial charge in [-0.3, -0.25) is 11.3 Å². The number of hydrogen-bond acceptors (Lipinski definition) is 2. The van der Waals surface area contributed by atoms with Crippen molar-refractivity contribution in [2.24, 2.45) is 5.84 Å². The molecule has 2 nitrogen and oxygen atoms in total. The molecule has 3 heteroatoms. The van der Waals surface area contributed by atoms with E-state index in [1.54, 1.807) is 13.0 Å². The molecule has 0 spiro atoms. The van der Waals surface area contributed by atoms with Crippen molar-refractivity contribution in [1.29, 1.82) is 0 Å². The standard InChI is InChI=1S/C17H21FN2/c1-12-3-5-14(6-4-12)7-10-17(20-19)15-8-9-16(18)13(2)11-15/h3-6,8-9,11,17,20H,7,10,19H2,1-2H3. The lowest BCUT2D eigenvalue weighted by atomic mass is 9.98. The number of aryl methyl sites for hydroxylation is 3. The fourth-order valence-corrected chi connectivity index (χ4v) is 2.30. The normalized spacial score (nSPS) is 12.4. The largest absolute Gasteiger partial charge is 0.271 e. The van der Waals surface area contributed by atoms with Crippen molar-refractivity contribution >= 4 is 0 Å². The van der Waals surface area contributed by atoms with Gasteiger partial charge in [-0.05, 0) is 49.4 Å². The lowest BCUT2D eigenvalue weighted by molar-refractivity contribution is 0.514. The lowest BCUT2D eigenvalue weighted by Gasteiger charge is -2.17. The zero-order chi connectivity index (χ0) is 14.5. The highest BCUT2D eigenvalue weighted by Crippen LogP contribution is 2.21. The summed E-state index contributed by atoms with van der Waals surface area (Å²) in [4.78, 5) is 0. The van der Waals surface area contributed by atoms with Crippen molar-refractivity contribution in [3.63, 3.8) is 0 Å². The lowest BCUT2D eigenvalue weighted by Crippen LogP contribution is -2.28. The quantitative estimate of drug-likeness (QED) is 0.645. The topological polar surface area (TPSA) is 38.0 Å². The second kappa shape index (κ2) is 6.64. The van der Waals surface area contributed by atoms with Crippen molar-refractivity contribution in [3.05, 3.63) is 70.5 Å². The van der Waals surface area contributed by atoms with Crippen LogP contribution in [-0.2, 0) is 6.42 Å². The van der Waals surface area contributed by atoms with E-state index in [0.29, 0.717) is 5.56 Å². The molecule has 0 aliphatic rings. The Morgan fingerprint density at radius 1 is 1.10 bits per heavy atom. The van der Waals surface area contributed by atoms with Crippen LogP contribution in [0.4, 0.5) is 4.39 Å². The van der Waals surface area contributed by atoms with Crippen LogP contribution in [0.5, 0.6) is 0 Å². The Labute approximate surface area is 119 Å². The molecule has 0 aromatic heterocycles. The van der Waals surface area contributed by atoms with E-state index in [2.05, 4.69) is 36.6 Å². The Hall–Kier alpha value is -1.71. The van der Waals surface area contributed by atoms with E-state index in [-0.39, 0.29) is 11.9 Å². The van der Waals surface area contributed by atoms with Crippen molar-refractivity contribution in [2.75, 3.05) is 0 Å². The van der Waals surface area contributed by atoms with Gasteiger partial charge in [0, 0.05) is 6.04 Å². The molecular weight excluding hydrogens is 251 g/mol. The Balaban J connectivity index is 2.05. The number of benzene rings is 2. The van der Waals surface area contributed by atoms with Gasteiger partial charge in [0.2, 0.25) is 0 Å². The third kappa shape index (κ3) is 3.65. The maximum absolute atomic E-state index is 13.3. The highest BCUT2D eigenvalue weighted by Gasteiger charge is 2.11. The molecule has 0 heterocycles. The Bertz CT molecular complexity index is 564. The number of hydrogen-bond donors (Lipinski definition) is 2. The highest BCUT2D eigenvalue weighted by atomic mass is 19.1. The van der Waals surface area contributed by atoms with Crippen molar-refractivity contribution < 1.29 is 4.39 Å². The number of hydrazine groups is 1. The van der Waals surface area contributed by atoms with Crippen LogP contribution in [0.2, 0.25) is 0 Å². The average molecular weight is 272 g/mol. The van der Waals surface area contributed by atoms with Crippen LogP contribution in [-0.4, -0.2) is 0 Å². The van der Waals surface area contributed by atoms with E-state index < -0.39 is 0 Å². The molecule has 2 aromatic carbocycles. The Morgan fingerprint density at radius 3 is 2.40 bits per heavy atom. The van der Waals surface area contributed by atoms with Crippen LogP contribution in [0.25, 0.3) is 0 Å². The van der Waals surface area contributed by atoms with Crippen LogP contribution in [0.1, 0.15) is 34.7 Å². The molecule has 0 saturated carbocycles. The highest BCUT2D eigenvalue weighted by molar-refractivity contribution is 5.27. The molecule has 2 rings (SSSR count). The first-order valence-corrected chi connectivity index (χ1v) is 6.88. The number of nitrogens with two attached hydrogens (primary N) is 1. The van der Waals surface area contributed by atoms with Crippen molar-refractivity contribution in [3.8, 4) is 0 Å². The maximum atomic E-state index is 13.3. The predicted octanol–water partition coefficient (Wildman–Crippen LogP) is 3.58. The Morgan fingerprint density at radius 2 is 1.80 bits per heavy atom. The molecule has 0 aliphatic heterocycles.